The molecule has 0 N–H and O–H groups in total. The van der Waals surface area contributed by atoms with E-state index in [9.17, 15) is 4.39 Å². The second-order valence-corrected chi connectivity index (χ2v) is 8.71. The fraction of sp³-hybridized carbons (Fsp3) is 0. The molecule has 0 amide bonds. The Labute approximate surface area is 73.1 Å². The first-order valence-electron chi connectivity index (χ1n) is 2.49. The minimum atomic E-state index is -2.16. The van der Waals surface area contributed by atoms with Crippen LogP contribution < -0.4 is 0 Å². The maximum absolute atomic E-state index is 12.7. The summed E-state index contributed by atoms with van der Waals surface area (Å²) in [6.45, 7) is 0. The molecular weight excluding hydrogens is 289 g/mol. The summed E-state index contributed by atoms with van der Waals surface area (Å²) < 4.78 is 13.2. The van der Waals surface area contributed by atoms with E-state index in [-0.39, 0.29) is 5.82 Å². The standard InChI is InChI=1S/C6H4Cl2FI/c7-10(8)6-4-2-1-3-5(6)9/h1-4H. The monoisotopic (exact) mass is 292 g/mol. The van der Waals surface area contributed by atoms with Crippen molar-refractivity contribution in [2.45, 2.75) is 0 Å². The molecule has 0 aliphatic rings. The first-order valence-corrected chi connectivity index (χ1v) is 9.03. The van der Waals surface area contributed by atoms with Crippen LogP contribution in [0.15, 0.2) is 24.3 Å². The van der Waals surface area contributed by atoms with Crippen molar-refractivity contribution in [1.29, 1.82) is 0 Å². The molecule has 0 saturated carbocycles. The van der Waals surface area contributed by atoms with E-state index in [4.69, 9.17) is 17.8 Å². The summed E-state index contributed by atoms with van der Waals surface area (Å²) in [7, 11) is 11.2. The Morgan fingerprint density at radius 3 is 2.20 bits per heavy atom. The maximum atomic E-state index is 12.7. The molecule has 0 atom stereocenters. The normalized spacial score (nSPS) is 11.3. The van der Waals surface area contributed by atoms with E-state index in [1.165, 1.54) is 6.07 Å². The molecule has 56 valence electrons. The second-order valence-electron chi connectivity index (χ2n) is 1.61. The molecule has 0 aliphatic heterocycles. The summed E-state index contributed by atoms with van der Waals surface area (Å²) in [6.07, 6.45) is 0. The minimum absolute atomic E-state index is 0.294. The fourth-order valence-corrected chi connectivity index (χ4v) is 3.16. The van der Waals surface area contributed by atoms with Crippen molar-refractivity contribution in [3.8, 4) is 0 Å². The van der Waals surface area contributed by atoms with Gasteiger partial charge in [-0.15, -0.1) is 0 Å². The first kappa shape index (κ1) is 8.56. The Bertz CT molecular complexity index is 227. The first-order chi connectivity index (χ1) is 4.72. The Hall–Kier alpha value is 0.460. The predicted octanol–water partition coefficient (Wildman–Crippen LogP) is 3.81. The van der Waals surface area contributed by atoms with Crippen molar-refractivity contribution < 1.29 is 4.39 Å². The zero-order valence-corrected chi connectivity index (χ0v) is 8.49. The van der Waals surface area contributed by atoms with Crippen LogP contribution in [0.5, 0.6) is 0 Å². The molecule has 0 saturated heterocycles. The van der Waals surface area contributed by atoms with Crippen LogP contribution >= 0.6 is 35.4 Å². The molecule has 4 heteroatoms. The summed E-state index contributed by atoms with van der Waals surface area (Å²) >= 11 is -2.16. The molecule has 0 spiro atoms. The van der Waals surface area contributed by atoms with Crippen LogP contribution in [0.3, 0.4) is 0 Å². The van der Waals surface area contributed by atoms with E-state index in [0.717, 1.165) is 0 Å². The van der Waals surface area contributed by atoms with Gasteiger partial charge in [-0.05, 0) is 0 Å². The molecule has 0 bridgehead atoms. The molecule has 0 heterocycles. The quantitative estimate of drug-likeness (QED) is 0.691. The Morgan fingerprint density at radius 1 is 1.20 bits per heavy atom. The molecule has 10 heavy (non-hydrogen) atoms. The Balaban J connectivity index is 3.03. The molecule has 0 aliphatic carbocycles. The third-order valence-electron chi connectivity index (χ3n) is 0.978. The summed E-state index contributed by atoms with van der Waals surface area (Å²) in [6, 6.07) is 6.34. The van der Waals surface area contributed by atoms with Crippen molar-refractivity contribution in [3.05, 3.63) is 33.7 Å². The number of hydrogen-bond donors (Lipinski definition) is 0. The van der Waals surface area contributed by atoms with Gasteiger partial charge in [0, 0.05) is 0 Å². The molecule has 1 aromatic rings. The second kappa shape index (κ2) is 3.74. The predicted molar refractivity (Wildman–Crippen MR) is 50.8 cm³/mol. The molecule has 1 rings (SSSR count). The summed E-state index contributed by atoms with van der Waals surface area (Å²) in [5.41, 5.74) is 0. The molecule has 0 fully saturated rings. The summed E-state index contributed by atoms with van der Waals surface area (Å²) in [5, 5.41) is 0. The number of rotatable bonds is 1. The fourth-order valence-electron chi connectivity index (χ4n) is 0.555. The van der Waals surface area contributed by atoms with E-state index in [1.807, 2.05) is 0 Å². The van der Waals surface area contributed by atoms with Crippen molar-refractivity contribution in [3.63, 3.8) is 0 Å². The average molecular weight is 293 g/mol. The van der Waals surface area contributed by atoms with Gasteiger partial charge in [-0.25, -0.2) is 0 Å². The molecule has 0 aromatic heterocycles. The van der Waals surface area contributed by atoms with E-state index in [0.29, 0.717) is 3.57 Å². The van der Waals surface area contributed by atoms with Crippen LogP contribution in [0.2, 0.25) is 0 Å². The van der Waals surface area contributed by atoms with Crippen molar-refractivity contribution in [1.82, 2.24) is 0 Å². The van der Waals surface area contributed by atoms with Crippen molar-refractivity contribution in [2.24, 2.45) is 0 Å². The molecule has 0 radical (unpaired) electrons. The van der Waals surface area contributed by atoms with Crippen LogP contribution in [0.4, 0.5) is 4.39 Å². The van der Waals surface area contributed by atoms with Gasteiger partial charge >= 0.3 is 73.4 Å². The van der Waals surface area contributed by atoms with E-state index in [2.05, 4.69) is 0 Å². The number of benzene rings is 1. The zero-order chi connectivity index (χ0) is 7.56. The average Bonchev–Trinajstić information content (AvgIpc) is 1.88. The van der Waals surface area contributed by atoms with Gasteiger partial charge < -0.3 is 0 Å². The number of hydrogen-bond acceptors (Lipinski definition) is 0. The van der Waals surface area contributed by atoms with Crippen molar-refractivity contribution >= 4 is 35.4 Å². The van der Waals surface area contributed by atoms with Gasteiger partial charge in [0.05, 0.1) is 0 Å². The van der Waals surface area contributed by atoms with E-state index in [1.54, 1.807) is 18.2 Å². The molecule has 0 nitrogen and oxygen atoms in total. The summed E-state index contributed by atoms with van der Waals surface area (Å²) in [5.74, 6) is -0.294. The van der Waals surface area contributed by atoms with Gasteiger partial charge in [-0.2, -0.15) is 0 Å². The van der Waals surface area contributed by atoms with Gasteiger partial charge in [0.1, 0.15) is 0 Å². The van der Waals surface area contributed by atoms with Crippen molar-refractivity contribution in [2.75, 3.05) is 0 Å². The molecule has 1 aromatic carbocycles. The summed E-state index contributed by atoms with van der Waals surface area (Å²) in [4.78, 5) is 0. The van der Waals surface area contributed by atoms with Crippen LogP contribution in [0.1, 0.15) is 0 Å². The SMILES string of the molecule is Fc1ccccc1I(Cl)Cl. The van der Waals surface area contributed by atoms with Crippen LogP contribution in [-0.2, 0) is 0 Å². The van der Waals surface area contributed by atoms with Gasteiger partial charge in [-0.3, -0.25) is 0 Å². The van der Waals surface area contributed by atoms with E-state index >= 15 is 0 Å². The third-order valence-corrected chi connectivity index (χ3v) is 4.80. The number of halogens is 4. The Morgan fingerprint density at radius 2 is 1.80 bits per heavy atom. The zero-order valence-electron chi connectivity index (χ0n) is 4.82. The topological polar surface area (TPSA) is 0 Å². The molecule has 0 unspecified atom stereocenters. The third kappa shape index (κ3) is 1.97. The van der Waals surface area contributed by atoms with E-state index < -0.39 is 17.6 Å². The van der Waals surface area contributed by atoms with Gasteiger partial charge in [0.2, 0.25) is 0 Å². The van der Waals surface area contributed by atoms with Crippen LogP contribution in [0.25, 0.3) is 0 Å². The van der Waals surface area contributed by atoms with Gasteiger partial charge in [0.15, 0.2) is 0 Å². The van der Waals surface area contributed by atoms with Gasteiger partial charge in [0.25, 0.3) is 0 Å². The van der Waals surface area contributed by atoms with Crippen LogP contribution in [-0.4, -0.2) is 0 Å². The van der Waals surface area contributed by atoms with Crippen LogP contribution in [0, 0.1) is 9.39 Å². The Kier molecular flexibility index (Phi) is 3.20. The molecular formula is C6H4Cl2FI. The van der Waals surface area contributed by atoms with Gasteiger partial charge in [-0.1, -0.05) is 0 Å².